The molecule has 1 rings (SSSR count). The van der Waals surface area contributed by atoms with Crippen LogP contribution in [0.25, 0.3) is 0 Å². The second-order valence-corrected chi connectivity index (χ2v) is 5.28. The molecule has 0 aromatic heterocycles. The van der Waals surface area contributed by atoms with Crippen LogP contribution in [-0.4, -0.2) is 24.7 Å². The molecule has 1 aliphatic heterocycles. The Morgan fingerprint density at radius 2 is 2.00 bits per heavy atom. The SMILES string of the molecule is CN1CCC(CC(C)(C)C)C1N. The van der Waals surface area contributed by atoms with Gasteiger partial charge >= 0.3 is 0 Å². The lowest BCUT2D eigenvalue weighted by molar-refractivity contribution is 0.223. The maximum Gasteiger partial charge on any atom is 0.0598 e. The largest absolute Gasteiger partial charge is 0.316 e. The normalized spacial score (nSPS) is 32.8. The molecule has 0 aromatic rings. The van der Waals surface area contributed by atoms with Gasteiger partial charge in [0.05, 0.1) is 6.17 Å². The maximum atomic E-state index is 6.06. The van der Waals surface area contributed by atoms with Gasteiger partial charge in [-0.3, -0.25) is 4.90 Å². The third kappa shape index (κ3) is 2.46. The Kier molecular flexibility index (Phi) is 2.79. The lowest BCUT2D eigenvalue weighted by Gasteiger charge is -2.27. The zero-order valence-corrected chi connectivity index (χ0v) is 8.80. The summed E-state index contributed by atoms with van der Waals surface area (Å²) in [5.74, 6) is 0.704. The topological polar surface area (TPSA) is 29.3 Å². The molecular weight excluding hydrogens is 148 g/mol. The van der Waals surface area contributed by atoms with E-state index in [4.69, 9.17) is 5.73 Å². The Balaban J connectivity index is 2.44. The van der Waals surface area contributed by atoms with Crippen molar-refractivity contribution in [2.24, 2.45) is 17.1 Å². The number of hydrogen-bond acceptors (Lipinski definition) is 2. The summed E-state index contributed by atoms with van der Waals surface area (Å²) in [4.78, 5) is 2.26. The molecule has 0 radical (unpaired) electrons. The summed E-state index contributed by atoms with van der Waals surface area (Å²) in [5.41, 5.74) is 6.48. The highest BCUT2D eigenvalue weighted by atomic mass is 15.2. The second kappa shape index (κ2) is 3.35. The van der Waals surface area contributed by atoms with Crippen LogP contribution in [0.5, 0.6) is 0 Å². The predicted octanol–water partition coefficient (Wildman–Crippen LogP) is 1.66. The van der Waals surface area contributed by atoms with E-state index >= 15 is 0 Å². The zero-order valence-electron chi connectivity index (χ0n) is 8.80. The van der Waals surface area contributed by atoms with Crippen LogP contribution in [0.4, 0.5) is 0 Å². The highest BCUT2D eigenvalue weighted by molar-refractivity contribution is 4.83. The van der Waals surface area contributed by atoms with Gasteiger partial charge in [-0.1, -0.05) is 20.8 Å². The average molecular weight is 170 g/mol. The van der Waals surface area contributed by atoms with Gasteiger partial charge in [-0.15, -0.1) is 0 Å². The van der Waals surface area contributed by atoms with Gasteiger partial charge in [0.2, 0.25) is 0 Å². The van der Waals surface area contributed by atoms with Crippen molar-refractivity contribution in [3.8, 4) is 0 Å². The molecule has 0 aromatic carbocycles. The van der Waals surface area contributed by atoms with Crippen LogP contribution in [0.3, 0.4) is 0 Å². The summed E-state index contributed by atoms with van der Waals surface area (Å²) < 4.78 is 0. The summed E-state index contributed by atoms with van der Waals surface area (Å²) in [6.45, 7) is 8.04. The van der Waals surface area contributed by atoms with E-state index in [1.807, 2.05) is 0 Å². The summed E-state index contributed by atoms with van der Waals surface area (Å²) in [5, 5.41) is 0. The highest BCUT2D eigenvalue weighted by Gasteiger charge is 2.31. The Hall–Kier alpha value is -0.0800. The average Bonchev–Trinajstić information content (AvgIpc) is 2.16. The molecule has 2 unspecified atom stereocenters. The number of hydrogen-bond donors (Lipinski definition) is 1. The van der Waals surface area contributed by atoms with Gasteiger partial charge in [0.15, 0.2) is 0 Å². The van der Waals surface area contributed by atoms with E-state index in [0.717, 1.165) is 0 Å². The third-order valence-corrected chi connectivity index (χ3v) is 2.72. The first-order valence-corrected chi connectivity index (χ1v) is 4.86. The van der Waals surface area contributed by atoms with Gasteiger partial charge in [0, 0.05) is 0 Å². The molecule has 0 amide bonds. The Labute approximate surface area is 76.1 Å². The minimum Gasteiger partial charge on any atom is -0.316 e. The van der Waals surface area contributed by atoms with Crippen molar-refractivity contribution in [1.29, 1.82) is 0 Å². The van der Waals surface area contributed by atoms with E-state index in [-0.39, 0.29) is 0 Å². The number of nitrogens with zero attached hydrogens (tertiary/aromatic N) is 1. The van der Waals surface area contributed by atoms with E-state index < -0.39 is 0 Å². The fourth-order valence-electron chi connectivity index (χ4n) is 2.06. The minimum absolute atomic E-state index is 0.296. The molecule has 2 atom stereocenters. The summed E-state index contributed by atoms with van der Waals surface area (Å²) in [6.07, 6.45) is 2.82. The quantitative estimate of drug-likeness (QED) is 0.648. The van der Waals surface area contributed by atoms with E-state index in [9.17, 15) is 0 Å². The van der Waals surface area contributed by atoms with Gasteiger partial charge < -0.3 is 5.73 Å². The molecule has 1 fully saturated rings. The molecule has 0 saturated carbocycles. The summed E-state index contributed by atoms with van der Waals surface area (Å²) in [7, 11) is 2.12. The Bertz CT molecular complexity index is 148. The van der Waals surface area contributed by atoms with Crippen LogP contribution < -0.4 is 5.73 Å². The third-order valence-electron chi connectivity index (χ3n) is 2.72. The standard InChI is InChI=1S/C10H22N2/c1-10(2,3)7-8-5-6-12(4)9(8)11/h8-9H,5-7,11H2,1-4H3. The number of rotatable bonds is 1. The molecule has 1 saturated heterocycles. The van der Waals surface area contributed by atoms with Crippen molar-refractivity contribution < 1.29 is 0 Å². The fraction of sp³-hybridized carbons (Fsp3) is 1.00. The molecule has 2 heteroatoms. The second-order valence-electron chi connectivity index (χ2n) is 5.28. The first-order chi connectivity index (χ1) is 5.40. The highest BCUT2D eigenvalue weighted by Crippen LogP contribution is 2.31. The van der Waals surface area contributed by atoms with Gasteiger partial charge in [-0.2, -0.15) is 0 Å². The number of likely N-dealkylation sites (tertiary alicyclic amines) is 1. The van der Waals surface area contributed by atoms with Gasteiger partial charge in [-0.05, 0) is 37.8 Å². The molecule has 2 nitrogen and oxygen atoms in total. The molecule has 72 valence electrons. The first kappa shape index (κ1) is 10.0. The lowest BCUT2D eigenvalue weighted by Crippen LogP contribution is -2.38. The van der Waals surface area contributed by atoms with E-state index in [2.05, 4.69) is 32.7 Å². The summed E-state index contributed by atoms with van der Waals surface area (Å²) >= 11 is 0. The van der Waals surface area contributed by atoms with E-state index in [1.54, 1.807) is 0 Å². The maximum absolute atomic E-state index is 6.06. The molecule has 2 N–H and O–H groups in total. The van der Waals surface area contributed by atoms with Gasteiger partial charge in [0.25, 0.3) is 0 Å². The van der Waals surface area contributed by atoms with Crippen molar-refractivity contribution in [2.75, 3.05) is 13.6 Å². The van der Waals surface area contributed by atoms with Crippen LogP contribution >= 0.6 is 0 Å². The Morgan fingerprint density at radius 3 is 2.33 bits per heavy atom. The van der Waals surface area contributed by atoms with Crippen LogP contribution in [0, 0.1) is 11.3 Å². The van der Waals surface area contributed by atoms with Crippen molar-refractivity contribution in [3.05, 3.63) is 0 Å². The molecule has 1 aliphatic rings. The molecule has 1 heterocycles. The predicted molar refractivity (Wildman–Crippen MR) is 52.8 cm³/mol. The monoisotopic (exact) mass is 170 g/mol. The van der Waals surface area contributed by atoms with Gasteiger partial charge in [-0.25, -0.2) is 0 Å². The van der Waals surface area contributed by atoms with E-state index in [0.29, 0.717) is 17.5 Å². The molecular formula is C10H22N2. The lowest BCUT2D eigenvalue weighted by atomic mass is 9.83. The van der Waals surface area contributed by atoms with Crippen LogP contribution in [0.2, 0.25) is 0 Å². The fourth-order valence-corrected chi connectivity index (χ4v) is 2.06. The van der Waals surface area contributed by atoms with E-state index in [1.165, 1.54) is 19.4 Å². The smallest absolute Gasteiger partial charge is 0.0598 e. The summed E-state index contributed by atoms with van der Waals surface area (Å²) in [6, 6.07) is 0. The van der Waals surface area contributed by atoms with Crippen molar-refractivity contribution in [1.82, 2.24) is 4.90 Å². The van der Waals surface area contributed by atoms with Crippen molar-refractivity contribution in [3.63, 3.8) is 0 Å². The van der Waals surface area contributed by atoms with Gasteiger partial charge in [0.1, 0.15) is 0 Å². The Morgan fingerprint density at radius 1 is 1.42 bits per heavy atom. The first-order valence-electron chi connectivity index (χ1n) is 4.86. The molecule has 0 spiro atoms. The van der Waals surface area contributed by atoms with Crippen molar-refractivity contribution in [2.45, 2.75) is 39.8 Å². The molecule has 12 heavy (non-hydrogen) atoms. The molecule has 0 aliphatic carbocycles. The molecule has 0 bridgehead atoms. The van der Waals surface area contributed by atoms with Crippen LogP contribution in [0.15, 0.2) is 0 Å². The van der Waals surface area contributed by atoms with Crippen molar-refractivity contribution >= 4 is 0 Å². The zero-order chi connectivity index (χ0) is 9.35. The van der Waals surface area contributed by atoms with Crippen LogP contribution in [-0.2, 0) is 0 Å². The van der Waals surface area contributed by atoms with Crippen LogP contribution in [0.1, 0.15) is 33.6 Å². The minimum atomic E-state index is 0.296. The number of nitrogens with two attached hydrogens (primary N) is 1.